The molecule has 0 aliphatic carbocycles. The van der Waals surface area contributed by atoms with Crippen LogP contribution in [0.5, 0.6) is 0 Å². The van der Waals surface area contributed by atoms with Crippen LogP contribution in [0.4, 0.5) is 0 Å². The molecule has 126 valence electrons. The van der Waals surface area contributed by atoms with Gasteiger partial charge in [0.05, 0.1) is 13.2 Å². The fourth-order valence-corrected chi connectivity index (χ4v) is 2.46. The van der Waals surface area contributed by atoms with Crippen molar-refractivity contribution in [1.29, 1.82) is 0 Å². The van der Waals surface area contributed by atoms with Crippen molar-refractivity contribution in [3.63, 3.8) is 0 Å². The van der Waals surface area contributed by atoms with Crippen molar-refractivity contribution in [3.05, 3.63) is 48.0 Å². The molecule has 0 aliphatic rings. The number of fused-ring (bicyclic) bond motifs is 1. The maximum Gasteiger partial charge on any atom is 0.244 e. The third-order valence-electron chi connectivity index (χ3n) is 3.59. The van der Waals surface area contributed by atoms with Gasteiger partial charge in [-0.25, -0.2) is 0 Å². The van der Waals surface area contributed by atoms with Gasteiger partial charge in [0.25, 0.3) is 0 Å². The van der Waals surface area contributed by atoms with Gasteiger partial charge in [0.2, 0.25) is 18.2 Å². The molecule has 5 N–H and O–H groups in total. The molecule has 0 saturated heterocycles. The fourth-order valence-electron chi connectivity index (χ4n) is 2.46. The van der Waals surface area contributed by atoms with E-state index in [2.05, 4.69) is 16.0 Å². The summed E-state index contributed by atoms with van der Waals surface area (Å²) in [6.45, 7) is -0.210. The summed E-state index contributed by atoms with van der Waals surface area (Å²) >= 11 is 0. The quantitative estimate of drug-likeness (QED) is 0.301. The molecule has 7 nitrogen and oxygen atoms in total. The summed E-state index contributed by atoms with van der Waals surface area (Å²) in [4.78, 5) is 34.2. The molecule has 24 heavy (non-hydrogen) atoms. The van der Waals surface area contributed by atoms with E-state index in [0.717, 1.165) is 16.3 Å². The highest BCUT2D eigenvalue weighted by atomic mass is 16.2. The lowest BCUT2D eigenvalue weighted by Crippen LogP contribution is -2.51. The maximum atomic E-state index is 12.3. The first-order valence-corrected chi connectivity index (χ1v) is 7.56. The number of rotatable bonds is 8. The van der Waals surface area contributed by atoms with E-state index in [0.29, 0.717) is 12.8 Å². The Morgan fingerprint density at radius 1 is 1.12 bits per heavy atom. The second-order valence-corrected chi connectivity index (χ2v) is 5.21. The largest absolute Gasteiger partial charge is 0.343 e. The van der Waals surface area contributed by atoms with Gasteiger partial charge in [-0.3, -0.25) is 14.4 Å². The predicted octanol–water partition coefficient (Wildman–Crippen LogP) is -0.354. The van der Waals surface area contributed by atoms with Crippen LogP contribution in [-0.2, 0) is 20.8 Å². The first-order chi connectivity index (χ1) is 11.7. The lowest BCUT2D eigenvalue weighted by Gasteiger charge is -2.19. The lowest BCUT2D eigenvalue weighted by molar-refractivity contribution is -0.128. The predicted molar refractivity (Wildman–Crippen MR) is 90.8 cm³/mol. The van der Waals surface area contributed by atoms with Gasteiger partial charge in [-0.05, 0) is 16.3 Å². The normalized spacial score (nSPS) is 11.5. The zero-order valence-corrected chi connectivity index (χ0v) is 13.1. The van der Waals surface area contributed by atoms with E-state index in [1.54, 1.807) is 0 Å². The zero-order chi connectivity index (χ0) is 17.4. The van der Waals surface area contributed by atoms with E-state index in [1.807, 2.05) is 42.5 Å². The monoisotopic (exact) mass is 328 g/mol. The minimum Gasteiger partial charge on any atom is -0.343 e. The Bertz CT molecular complexity index is 727. The van der Waals surface area contributed by atoms with Crippen LogP contribution in [0.2, 0.25) is 0 Å². The Morgan fingerprint density at radius 2 is 1.88 bits per heavy atom. The number of carbonyl (C=O) groups excluding carboxylic acids is 3. The number of carbonyl (C=O) groups is 3. The summed E-state index contributed by atoms with van der Waals surface area (Å²) < 4.78 is 0. The van der Waals surface area contributed by atoms with Gasteiger partial charge in [0.1, 0.15) is 6.04 Å². The second kappa shape index (κ2) is 8.64. The van der Waals surface area contributed by atoms with E-state index in [9.17, 15) is 14.4 Å². The summed E-state index contributed by atoms with van der Waals surface area (Å²) in [5.74, 6) is -0.808. The molecule has 3 amide bonds. The molecule has 0 bridgehead atoms. The number of benzene rings is 2. The highest BCUT2D eigenvalue weighted by Gasteiger charge is 2.21. The van der Waals surface area contributed by atoms with E-state index in [-0.39, 0.29) is 19.1 Å². The van der Waals surface area contributed by atoms with Crippen molar-refractivity contribution in [2.75, 3.05) is 13.2 Å². The van der Waals surface area contributed by atoms with E-state index < -0.39 is 11.9 Å². The lowest BCUT2D eigenvalue weighted by atomic mass is 9.98. The summed E-state index contributed by atoms with van der Waals surface area (Å²) in [6, 6.07) is 12.9. The first kappa shape index (κ1) is 17.4. The van der Waals surface area contributed by atoms with Crippen LogP contribution in [0.3, 0.4) is 0 Å². The highest BCUT2D eigenvalue weighted by Crippen LogP contribution is 2.19. The molecule has 0 radical (unpaired) electrons. The first-order valence-electron chi connectivity index (χ1n) is 7.56. The van der Waals surface area contributed by atoms with E-state index >= 15 is 0 Å². The van der Waals surface area contributed by atoms with Gasteiger partial charge in [0, 0.05) is 6.42 Å². The SMILES string of the molecule is NCC(=O)NC(Cc1cccc2ccccc12)C(=O)NCNC=O. The fraction of sp³-hybridized carbons (Fsp3) is 0.235. The van der Waals surface area contributed by atoms with Crippen LogP contribution in [0.15, 0.2) is 42.5 Å². The van der Waals surface area contributed by atoms with Gasteiger partial charge in [0.15, 0.2) is 0 Å². The van der Waals surface area contributed by atoms with Gasteiger partial charge in [-0.15, -0.1) is 0 Å². The Balaban J connectivity index is 2.21. The smallest absolute Gasteiger partial charge is 0.244 e. The van der Waals surface area contributed by atoms with Crippen LogP contribution in [0.1, 0.15) is 5.56 Å². The van der Waals surface area contributed by atoms with Crippen LogP contribution in [0.25, 0.3) is 10.8 Å². The molecule has 0 aliphatic heterocycles. The summed E-state index contributed by atoms with van der Waals surface area (Å²) in [5.41, 5.74) is 6.26. The third kappa shape index (κ3) is 4.53. The molecule has 1 atom stereocenters. The zero-order valence-electron chi connectivity index (χ0n) is 13.1. The van der Waals surface area contributed by atoms with Crippen molar-refractivity contribution in [3.8, 4) is 0 Å². The van der Waals surface area contributed by atoms with Gasteiger partial charge in [-0.2, -0.15) is 0 Å². The Kier molecular flexibility index (Phi) is 6.27. The van der Waals surface area contributed by atoms with Gasteiger partial charge >= 0.3 is 0 Å². The highest BCUT2D eigenvalue weighted by molar-refractivity contribution is 5.90. The standard InChI is InChI=1S/C17H20N4O3/c18-9-16(23)21-15(17(24)20-10-19-11-22)8-13-6-3-5-12-4-1-2-7-14(12)13/h1-7,11,15H,8-10,18H2,(H,19,22)(H,20,24)(H,21,23). The van der Waals surface area contributed by atoms with Gasteiger partial charge < -0.3 is 21.7 Å². The molecule has 2 aromatic rings. The Hall–Kier alpha value is -2.93. The molecule has 2 rings (SSSR count). The summed E-state index contributed by atoms with van der Waals surface area (Å²) in [5, 5.41) is 9.58. The van der Waals surface area contributed by atoms with Crippen molar-refractivity contribution in [2.24, 2.45) is 5.73 Å². The molecular weight excluding hydrogens is 308 g/mol. The minimum absolute atomic E-state index is 0.00708. The average Bonchev–Trinajstić information content (AvgIpc) is 2.61. The van der Waals surface area contributed by atoms with Gasteiger partial charge in [-0.1, -0.05) is 42.5 Å². The van der Waals surface area contributed by atoms with Crippen molar-refractivity contribution in [2.45, 2.75) is 12.5 Å². The second-order valence-electron chi connectivity index (χ2n) is 5.21. The minimum atomic E-state index is -0.777. The van der Waals surface area contributed by atoms with E-state index in [4.69, 9.17) is 5.73 Å². The Labute approximate surface area is 139 Å². The van der Waals surface area contributed by atoms with Crippen LogP contribution >= 0.6 is 0 Å². The molecular formula is C17H20N4O3. The topological polar surface area (TPSA) is 113 Å². The number of amides is 3. The average molecular weight is 328 g/mol. The Morgan fingerprint density at radius 3 is 2.62 bits per heavy atom. The molecule has 0 fully saturated rings. The molecule has 0 aromatic heterocycles. The molecule has 2 aromatic carbocycles. The number of hydrogen-bond acceptors (Lipinski definition) is 4. The molecule has 0 spiro atoms. The van der Waals surface area contributed by atoms with Crippen LogP contribution in [0, 0.1) is 0 Å². The van der Waals surface area contributed by atoms with Crippen molar-refractivity contribution >= 4 is 29.0 Å². The number of nitrogens with two attached hydrogens (primary N) is 1. The van der Waals surface area contributed by atoms with Crippen molar-refractivity contribution < 1.29 is 14.4 Å². The summed E-state index contributed by atoms with van der Waals surface area (Å²) in [7, 11) is 0. The molecule has 0 saturated carbocycles. The summed E-state index contributed by atoms with van der Waals surface area (Å²) in [6.07, 6.45) is 0.804. The molecule has 0 heterocycles. The van der Waals surface area contributed by atoms with Crippen LogP contribution < -0.4 is 21.7 Å². The third-order valence-corrected chi connectivity index (χ3v) is 3.59. The maximum absolute atomic E-state index is 12.3. The van der Waals surface area contributed by atoms with E-state index in [1.165, 1.54) is 0 Å². The number of nitrogens with one attached hydrogen (secondary N) is 3. The van der Waals surface area contributed by atoms with Crippen LogP contribution in [-0.4, -0.2) is 37.5 Å². The van der Waals surface area contributed by atoms with Crippen molar-refractivity contribution in [1.82, 2.24) is 16.0 Å². The molecule has 1 unspecified atom stereocenters. The number of hydrogen-bond donors (Lipinski definition) is 4. The molecule has 7 heteroatoms.